The number of hydrogen-bond donors (Lipinski definition) is 0. The summed E-state index contributed by atoms with van der Waals surface area (Å²) in [6.07, 6.45) is 0. The van der Waals surface area contributed by atoms with Crippen molar-refractivity contribution in [1.29, 1.82) is 0 Å². The molecule has 0 aliphatic carbocycles. The van der Waals surface area contributed by atoms with Crippen molar-refractivity contribution in [1.82, 2.24) is 0 Å². The highest BCUT2D eigenvalue weighted by molar-refractivity contribution is 6.31. The number of halogens is 2. The smallest absolute Gasteiger partial charge is 0.344 e. The number of esters is 1. The van der Waals surface area contributed by atoms with Crippen LogP contribution in [-0.2, 0) is 4.74 Å². The fourth-order valence-corrected chi connectivity index (χ4v) is 1.12. The Balaban J connectivity index is 3.41. The van der Waals surface area contributed by atoms with E-state index in [1.807, 2.05) is 0 Å². The molecule has 7 heteroatoms. The van der Waals surface area contributed by atoms with Gasteiger partial charge < -0.3 is 4.74 Å². The lowest BCUT2D eigenvalue weighted by atomic mass is 10.2. The van der Waals surface area contributed by atoms with E-state index in [9.17, 15) is 19.3 Å². The van der Waals surface area contributed by atoms with E-state index in [0.717, 1.165) is 13.2 Å². The van der Waals surface area contributed by atoms with Gasteiger partial charge in [-0.2, -0.15) is 0 Å². The van der Waals surface area contributed by atoms with Crippen LogP contribution in [0.3, 0.4) is 0 Å². The SMILES string of the molecule is COC(=O)c1cc(F)c(Cl)cc1[N+](=O)[O-]. The Labute approximate surface area is 88.6 Å². The van der Waals surface area contributed by atoms with Gasteiger partial charge in [0.25, 0.3) is 5.69 Å². The number of carbonyl (C=O) groups excluding carboxylic acids is 1. The number of nitro benzene ring substituents is 1. The highest BCUT2D eigenvalue weighted by Gasteiger charge is 2.23. The molecule has 1 rings (SSSR count). The van der Waals surface area contributed by atoms with Gasteiger partial charge in [-0.15, -0.1) is 0 Å². The van der Waals surface area contributed by atoms with Gasteiger partial charge >= 0.3 is 5.97 Å². The molecule has 0 spiro atoms. The number of rotatable bonds is 2. The van der Waals surface area contributed by atoms with Crippen LogP contribution in [0.5, 0.6) is 0 Å². The second kappa shape index (κ2) is 4.22. The molecule has 0 saturated heterocycles. The van der Waals surface area contributed by atoms with Gasteiger partial charge in [0.2, 0.25) is 0 Å². The van der Waals surface area contributed by atoms with E-state index in [1.165, 1.54) is 0 Å². The van der Waals surface area contributed by atoms with Gasteiger partial charge in [-0.1, -0.05) is 11.6 Å². The molecule has 1 aromatic rings. The Kier molecular flexibility index (Phi) is 3.21. The van der Waals surface area contributed by atoms with Crippen molar-refractivity contribution in [2.75, 3.05) is 7.11 Å². The van der Waals surface area contributed by atoms with Crippen LogP contribution in [0.2, 0.25) is 5.02 Å². The number of benzene rings is 1. The van der Waals surface area contributed by atoms with Crippen molar-refractivity contribution in [3.8, 4) is 0 Å². The first-order chi connectivity index (χ1) is 6.97. The zero-order valence-electron chi connectivity index (χ0n) is 7.49. The number of ether oxygens (including phenoxy) is 1. The Hall–Kier alpha value is -1.69. The third-order valence-electron chi connectivity index (χ3n) is 1.64. The Morgan fingerprint density at radius 1 is 1.60 bits per heavy atom. The lowest BCUT2D eigenvalue weighted by Gasteiger charge is -2.02. The highest BCUT2D eigenvalue weighted by Crippen LogP contribution is 2.26. The third kappa shape index (κ3) is 2.21. The summed E-state index contributed by atoms with van der Waals surface area (Å²) in [5.74, 6) is -1.90. The van der Waals surface area contributed by atoms with Crippen molar-refractivity contribution < 1.29 is 18.8 Å². The van der Waals surface area contributed by atoms with E-state index in [0.29, 0.717) is 6.07 Å². The maximum Gasteiger partial charge on any atom is 0.344 e. The first-order valence-corrected chi connectivity index (χ1v) is 4.07. The predicted molar refractivity (Wildman–Crippen MR) is 49.4 cm³/mol. The van der Waals surface area contributed by atoms with E-state index in [-0.39, 0.29) is 0 Å². The maximum atomic E-state index is 13.0. The molecule has 0 N–H and O–H groups in total. The van der Waals surface area contributed by atoms with Crippen LogP contribution in [-0.4, -0.2) is 18.0 Å². The number of carbonyl (C=O) groups is 1. The van der Waals surface area contributed by atoms with Gasteiger partial charge in [-0.05, 0) is 6.07 Å². The highest BCUT2D eigenvalue weighted by atomic mass is 35.5. The number of nitrogens with zero attached hydrogens (tertiary/aromatic N) is 1. The molecule has 0 bridgehead atoms. The predicted octanol–water partition coefficient (Wildman–Crippen LogP) is 2.17. The summed E-state index contributed by atoms with van der Waals surface area (Å²) >= 11 is 5.35. The summed E-state index contributed by atoms with van der Waals surface area (Å²) in [7, 11) is 1.04. The molecule has 0 heterocycles. The van der Waals surface area contributed by atoms with E-state index < -0.39 is 33.0 Å². The molecule has 0 fully saturated rings. The summed E-state index contributed by atoms with van der Waals surface area (Å²) < 4.78 is 17.2. The first kappa shape index (κ1) is 11.4. The molecule has 0 aromatic heterocycles. The molecular formula is C8H5ClFNO4. The topological polar surface area (TPSA) is 69.4 Å². The molecule has 0 aliphatic heterocycles. The molecule has 15 heavy (non-hydrogen) atoms. The minimum Gasteiger partial charge on any atom is -0.465 e. The van der Waals surface area contributed by atoms with E-state index >= 15 is 0 Å². The second-order valence-electron chi connectivity index (χ2n) is 2.53. The Morgan fingerprint density at radius 3 is 2.67 bits per heavy atom. The summed E-state index contributed by atoms with van der Waals surface area (Å²) in [6.45, 7) is 0. The molecule has 1 aromatic carbocycles. The average molecular weight is 234 g/mol. The average Bonchev–Trinajstić information content (AvgIpc) is 2.20. The monoisotopic (exact) mass is 233 g/mol. The van der Waals surface area contributed by atoms with Crippen molar-refractivity contribution in [2.24, 2.45) is 0 Å². The van der Waals surface area contributed by atoms with Gasteiger partial charge in [-0.25, -0.2) is 9.18 Å². The molecule has 0 radical (unpaired) electrons. The van der Waals surface area contributed by atoms with Crippen molar-refractivity contribution in [3.63, 3.8) is 0 Å². The molecule has 80 valence electrons. The van der Waals surface area contributed by atoms with Crippen molar-refractivity contribution in [2.45, 2.75) is 0 Å². The van der Waals surface area contributed by atoms with E-state index in [2.05, 4.69) is 4.74 Å². The van der Waals surface area contributed by atoms with Crippen LogP contribution in [0.15, 0.2) is 12.1 Å². The van der Waals surface area contributed by atoms with Gasteiger partial charge in [-0.3, -0.25) is 10.1 Å². The number of nitro groups is 1. The van der Waals surface area contributed by atoms with Gasteiger partial charge in [0.15, 0.2) is 0 Å². The Morgan fingerprint density at radius 2 is 2.20 bits per heavy atom. The fraction of sp³-hybridized carbons (Fsp3) is 0.125. The fourth-order valence-electron chi connectivity index (χ4n) is 0.961. The van der Waals surface area contributed by atoms with Crippen molar-refractivity contribution in [3.05, 3.63) is 38.7 Å². The largest absolute Gasteiger partial charge is 0.465 e. The second-order valence-corrected chi connectivity index (χ2v) is 2.94. The zero-order valence-corrected chi connectivity index (χ0v) is 8.25. The standard InChI is InChI=1S/C8H5ClFNO4/c1-15-8(12)4-2-6(10)5(9)3-7(4)11(13)14/h2-3H,1H3. The van der Waals surface area contributed by atoms with Crippen LogP contribution in [0.4, 0.5) is 10.1 Å². The van der Waals surface area contributed by atoms with Crippen LogP contribution in [0, 0.1) is 15.9 Å². The minimum absolute atomic E-state index is 0.422. The van der Waals surface area contributed by atoms with Crippen LogP contribution < -0.4 is 0 Å². The minimum atomic E-state index is -0.989. The Bertz CT molecular complexity index is 435. The molecule has 0 aliphatic rings. The van der Waals surface area contributed by atoms with Gasteiger partial charge in [0, 0.05) is 6.07 Å². The molecule has 5 nitrogen and oxygen atoms in total. The van der Waals surface area contributed by atoms with Gasteiger partial charge in [0.05, 0.1) is 17.1 Å². The van der Waals surface area contributed by atoms with Crippen LogP contribution in [0.1, 0.15) is 10.4 Å². The number of hydrogen-bond acceptors (Lipinski definition) is 4. The van der Waals surface area contributed by atoms with E-state index in [1.54, 1.807) is 0 Å². The summed E-state index contributed by atoms with van der Waals surface area (Å²) in [6, 6.07) is 1.44. The molecule has 0 amide bonds. The van der Waals surface area contributed by atoms with Crippen LogP contribution in [0.25, 0.3) is 0 Å². The first-order valence-electron chi connectivity index (χ1n) is 3.69. The molecule has 0 unspecified atom stereocenters. The maximum absolute atomic E-state index is 13.0. The molecular weight excluding hydrogens is 229 g/mol. The van der Waals surface area contributed by atoms with Crippen molar-refractivity contribution >= 4 is 23.3 Å². The third-order valence-corrected chi connectivity index (χ3v) is 1.93. The molecule has 0 saturated carbocycles. The lowest BCUT2D eigenvalue weighted by molar-refractivity contribution is -0.385. The normalized spacial score (nSPS) is 9.80. The number of methoxy groups -OCH3 is 1. The summed E-state index contributed by atoms with van der Waals surface area (Å²) in [5, 5.41) is 10.1. The summed E-state index contributed by atoms with van der Waals surface area (Å²) in [4.78, 5) is 20.8. The lowest BCUT2D eigenvalue weighted by Crippen LogP contribution is -2.06. The quantitative estimate of drug-likeness (QED) is 0.446. The van der Waals surface area contributed by atoms with Crippen LogP contribution >= 0.6 is 11.6 Å². The molecule has 0 atom stereocenters. The van der Waals surface area contributed by atoms with E-state index in [4.69, 9.17) is 11.6 Å². The summed E-state index contributed by atoms with van der Waals surface area (Å²) in [5.41, 5.74) is -1.06. The van der Waals surface area contributed by atoms with Gasteiger partial charge in [0.1, 0.15) is 11.4 Å². The zero-order chi connectivity index (χ0) is 11.6.